The SMILES string of the molecule is Nc1ccc(-c2coc3cc(OCCc4cccc(C(=O)O)c4)ccc3c2=O)cc1. The summed E-state index contributed by atoms with van der Waals surface area (Å²) in [6.07, 6.45) is 2.00. The van der Waals surface area contributed by atoms with Crippen molar-refractivity contribution in [2.75, 3.05) is 12.3 Å². The lowest BCUT2D eigenvalue weighted by molar-refractivity contribution is 0.0696. The topological polar surface area (TPSA) is 103 Å². The summed E-state index contributed by atoms with van der Waals surface area (Å²) in [5, 5.41) is 9.53. The van der Waals surface area contributed by atoms with E-state index >= 15 is 0 Å². The zero-order valence-electron chi connectivity index (χ0n) is 16.0. The van der Waals surface area contributed by atoms with Crippen LogP contribution >= 0.6 is 0 Å². The van der Waals surface area contributed by atoms with E-state index in [1.807, 2.05) is 6.07 Å². The second kappa shape index (κ2) is 8.13. The first kappa shape index (κ1) is 19.3. The zero-order chi connectivity index (χ0) is 21.1. The highest BCUT2D eigenvalue weighted by atomic mass is 16.5. The molecule has 1 aromatic heterocycles. The molecule has 150 valence electrons. The van der Waals surface area contributed by atoms with Crippen molar-refractivity contribution in [3.8, 4) is 16.9 Å². The van der Waals surface area contributed by atoms with Crippen LogP contribution < -0.4 is 15.9 Å². The van der Waals surface area contributed by atoms with Crippen LogP contribution in [-0.2, 0) is 6.42 Å². The fraction of sp³-hybridized carbons (Fsp3) is 0.0833. The highest BCUT2D eigenvalue weighted by Crippen LogP contribution is 2.24. The van der Waals surface area contributed by atoms with Gasteiger partial charge in [0, 0.05) is 18.2 Å². The summed E-state index contributed by atoms with van der Waals surface area (Å²) >= 11 is 0. The Morgan fingerprint density at radius 2 is 1.83 bits per heavy atom. The first-order valence-electron chi connectivity index (χ1n) is 9.38. The standard InChI is InChI=1S/C24H19NO5/c25-18-6-4-16(5-7-18)21-14-30-22-13-19(8-9-20(22)23(21)26)29-11-10-15-2-1-3-17(12-15)24(27)28/h1-9,12-14H,10-11,25H2,(H,27,28). The Morgan fingerprint density at radius 1 is 1.03 bits per heavy atom. The van der Waals surface area contributed by atoms with Crippen LogP contribution in [0, 0.1) is 0 Å². The molecule has 0 radical (unpaired) electrons. The van der Waals surface area contributed by atoms with Gasteiger partial charge in [0.05, 0.1) is 23.1 Å². The molecule has 0 aliphatic heterocycles. The Hall–Kier alpha value is -4.06. The molecule has 3 aromatic carbocycles. The summed E-state index contributed by atoms with van der Waals surface area (Å²) in [6, 6.07) is 18.9. The monoisotopic (exact) mass is 401 g/mol. The number of hydrogen-bond acceptors (Lipinski definition) is 5. The average molecular weight is 401 g/mol. The molecule has 0 amide bonds. The van der Waals surface area contributed by atoms with E-state index in [2.05, 4.69) is 0 Å². The third-order valence-corrected chi connectivity index (χ3v) is 4.80. The molecule has 6 heteroatoms. The number of nitrogens with two attached hydrogens (primary N) is 1. The number of hydrogen-bond donors (Lipinski definition) is 2. The van der Waals surface area contributed by atoms with Gasteiger partial charge in [-0.3, -0.25) is 4.79 Å². The van der Waals surface area contributed by atoms with E-state index in [4.69, 9.17) is 20.0 Å². The van der Waals surface area contributed by atoms with Crippen LogP contribution in [0.15, 0.2) is 82.2 Å². The number of benzene rings is 3. The molecular weight excluding hydrogens is 382 g/mol. The Morgan fingerprint density at radius 3 is 2.60 bits per heavy atom. The number of aromatic carboxylic acids is 1. The number of carboxylic acids is 1. The molecule has 0 bridgehead atoms. The summed E-state index contributed by atoms with van der Waals surface area (Å²) in [5.41, 5.74) is 8.96. The maximum atomic E-state index is 12.8. The molecule has 0 aliphatic rings. The third-order valence-electron chi connectivity index (χ3n) is 4.80. The summed E-state index contributed by atoms with van der Waals surface area (Å²) in [4.78, 5) is 23.9. The maximum absolute atomic E-state index is 12.8. The van der Waals surface area contributed by atoms with Crippen LogP contribution in [0.5, 0.6) is 5.75 Å². The lowest BCUT2D eigenvalue weighted by Crippen LogP contribution is -2.06. The lowest BCUT2D eigenvalue weighted by Gasteiger charge is -2.08. The number of fused-ring (bicyclic) bond motifs is 1. The van der Waals surface area contributed by atoms with Crippen molar-refractivity contribution in [2.45, 2.75) is 6.42 Å². The largest absolute Gasteiger partial charge is 0.493 e. The van der Waals surface area contributed by atoms with Gasteiger partial charge in [-0.25, -0.2) is 4.79 Å². The molecule has 1 heterocycles. The van der Waals surface area contributed by atoms with Crippen LogP contribution in [0.1, 0.15) is 15.9 Å². The summed E-state index contributed by atoms with van der Waals surface area (Å²) in [6.45, 7) is 0.363. The van der Waals surface area contributed by atoms with Crippen molar-refractivity contribution in [2.24, 2.45) is 0 Å². The van der Waals surface area contributed by atoms with E-state index in [1.54, 1.807) is 60.7 Å². The van der Waals surface area contributed by atoms with E-state index in [9.17, 15) is 9.59 Å². The fourth-order valence-corrected chi connectivity index (χ4v) is 3.21. The van der Waals surface area contributed by atoms with Crippen molar-refractivity contribution in [3.05, 3.63) is 94.3 Å². The number of nitrogen functional groups attached to an aromatic ring is 1. The van der Waals surface area contributed by atoms with Crippen molar-refractivity contribution < 1.29 is 19.1 Å². The first-order valence-corrected chi connectivity index (χ1v) is 9.38. The quantitative estimate of drug-likeness (QED) is 0.465. The van der Waals surface area contributed by atoms with Gasteiger partial charge in [0.1, 0.15) is 17.6 Å². The predicted molar refractivity (Wildman–Crippen MR) is 115 cm³/mol. The molecule has 30 heavy (non-hydrogen) atoms. The number of carboxylic acid groups (broad SMARTS) is 1. The van der Waals surface area contributed by atoms with Gasteiger partial charge in [-0.15, -0.1) is 0 Å². The van der Waals surface area contributed by atoms with Crippen LogP contribution in [0.2, 0.25) is 0 Å². The minimum atomic E-state index is -0.958. The van der Waals surface area contributed by atoms with Crippen LogP contribution in [0.3, 0.4) is 0 Å². The Balaban J connectivity index is 1.50. The summed E-state index contributed by atoms with van der Waals surface area (Å²) in [7, 11) is 0. The predicted octanol–water partition coefficient (Wildman–Crippen LogP) is 4.36. The van der Waals surface area contributed by atoms with E-state index in [1.165, 1.54) is 6.26 Å². The number of ether oxygens (including phenoxy) is 1. The van der Waals surface area contributed by atoms with Crippen LogP contribution in [0.4, 0.5) is 5.69 Å². The molecule has 0 spiro atoms. The summed E-state index contributed by atoms with van der Waals surface area (Å²) in [5.74, 6) is -0.388. The van der Waals surface area contributed by atoms with Crippen LogP contribution in [-0.4, -0.2) is 17.7 Å². The lowest BCUT2D eigenvalue weighted by atomic mass is 10.1. The third kappa shape index (κ3) is 4.03. The molecule has 0 saturated heterocycles. The van der Waals surface area contributed by atoms with Gasteiger partial charge < -0.3 is 20.0 Å². The number of carbonyl (C=O) groups is 1. The van der Waals surface area contributed by atoms with Crippen molar-refractivity contribution in [1.82, 2.24) is 0 Å². The molecule has 3 N–H and O–H groups in total. The van der Waals surface area contributed by atoms with Gasteiger partial charge >= 0.3 is 5.97 Å². The minimum Gasteiger partial charge on any atom is -0.493 e. The average Bonchev–Trinajstić information content (AvgIpc) is 2.75. The molecule has 6 nitrogen and oxygen atoms in total. The molecule has 0 fully saturated rings. The van der Waals surface area contributed by atoms with Gasteiger partial charge in [-0.2, -0.15) is 0 Å². The highest BCUT2D eigenvalue weighted by molar-refractivity contribution is 5.87. The van der Waals surface area contributed by atoms with E-state index < -0.39 is 5.97 Å². The molecule has 0 saturated carbocycles. The summed E-state index contributed by atoms with van der Waals surface area (Å²) < 4.78 is 11.4. The van der Waals surface area contributed by atoms with Gasteiger partial charge in [-0.1, -0.05) is 24.3 Å². The molecule has 0 unspecified atom stereocenters. The Bertz CT molecular complexity index is 1280. The Kier molecular flexibility index (Phi) is 5.22. The van der Waals surface area contributed by atoms with Gasteiger partial charge in [-0.05, 0) is 47.5 Å². The normalized spacial score (nSPS) is 10.8. The molecule has 4 aromatic rings. The molecular formula is C24H19NO5. The number of rotatable bonds is 6. The zero-order valence-corrected chi connectivity index (χ0v) is 16.0. The van der Waals surface area contributed by atoms with Gasteiger partial charge in [0.25, 0.3) is 0 Å². The second-order valence-electron chi connectivity index (χ2n) is 6.86. The second-order valence-corrected chi connectivity index (χ2v) is 6.86. The van der Waals surface area contributed by atoms with E-state index in [0.29, 0.717) is 41.0 Å². The van der Waals surface area contributed by atoms with Crippen molar-refractivity contribution in [1.29, 1.82) is 0 Å². The van der Waals surface area contributed by atoms with Gasteiger partial charge in [0.2, 0.25) is 0 Å². The van der Waals surface area contributed by atoms with Crippen LogP contribution in [0.25, 0.3) is 22.1 Å². The van der Waals surface area contributed by atoms with E-state index in [0.717, 1.165) is 11.1 Å². The minimum absolute atomic E-state index is 0.127. The Labute approximate surface area is 172 Å². The molecule has 4 rings (SSSR count). The van der Waals surface area contributed by atoms with Crippen molar-refractivity contribution in [3.63, 3.8) is 0 Å². The van der Waals surface area contributed by atoms with Gasteiger partial charge in [0.15, 0.2) is 5.43 Å². The highest BCUT2D eigenvalue weighted by Gasteiger charge is 2.10. The maximum Gasteiger partial charge on any atom is 0.335 e. The fourth-order valence-electron chi connectivity index (χ4n) is 3.21. The van der Waals surface area contributed by atoms with E-state index in [-0.39, 0.29) is 11.0 Å². The first-order chi connectivity index (χ1) is 14.5. The molecule has 0 atom stereocenters. The number of anilines is 1. The smallest absolute Gasteiger partial charge is 0.335 e. The molecule has 0 aliphatic carbocycles. The van der Waals surface area contributed by atoms with Crippen molar-refractivity contribution >= 4 is 22.6 Å².